The maximum atomic E-state index is 11.5. The summed E-state index contributed by atoms with van der Waals surface area (Å²) in [6.07, 6.45) is 1.91. The van der Waals surface area contributed by atoms with Gasteiger partial charge in [0.2, 0.25) is 0 Å². The molecule has 0 fully saturated rings. The number of phenols is 1. The van der Waals surface area contributed by atoms with Crippen molar-refractivity contribution in [3.8, 4) is 67.3 Å². The molecule has 9 rings (SSSR count). The van der Waals surface area contributed by atoms with Crippen LogP contribution in [0.1, 0.15) is 58.2 Å². The van der Waals surface area contributed by atoms with Crippen LogP contribution in [0.5, 0.6) is 5.75 Å². The Morgan fingerprint density at radius 1 is 0.475 bits per heavy atom. The molecule has 0 aliphatic heterocycles. The molecule has 9 aromatic rings. The van der Waals surface area contributed by atoms with Gasteiger partial charge in [-0.2, -0.15) is 0 Å². The molecule has 0 saturated carbocycles. The Labute approximate surface area is 347 Å². The zero-order chi connectivity index (χ0) is 41.1. The second kappa shape index (κ2) is 14.6. The highest BCUT2D eigenvalue weighted by Gasteiger charge is 2.24. The Kier molecular flexibility index (Phi) is 9.32. The van der Waals surface area contributed by atoms with Crippen molar-refractivity contribution in [3.63, 3.8) is 0 Å². The van der Waals surface area contributed by atoms with E-state index in [0.717, 1.165) is 78.1 Å². The van der Waals surface area contributed by atoms with Crippen LogP contribution in [0.4, 0.5) is 0 Å². The largest absolute Gasteiger partial charge is 0.507 e. The van der Waals surface area contributed by atoms with Crippen molar-refractivity contribution in [3.05, 3.63) is 181 Å². The van der Waals surface area contributed by atoms with E-state index in [1.165, 1.54) is 22.1 Å². The number of pyridine rings is 1. The predicted molar refractivity (Wildman–Crippen MR) is 247 cm³/mol. The summed E-state index contributed by atoms with van der Waals surface area (Å²) in [4.78, 5) is 10.5. The van der Waals surface area contributed by atoms with Gasteiger partial charge in [0, 0.05) is 39.4 Å². The minimum atomic E-state index is -0.0541. The number of aromatic hydroxyl groups is 1. The molecule has 4 heteroatoms. The Bertz CT molecular complexity index is 3020. The van der Waals surface area contributed by atoms with Crippen molar-refractivity contribution in [1.82, 2.24) is 14.5 Å². The van der Waals surface area contributed by atoms with Gasteiger partial charge in [0.25, 0.3) is 0 Å². The topological polar surface area (TPSA) is 50.9 Å². The lowest BCUT2D eigenvalue weighted by atomic mass is 9.83. The smallest absolute Gasteiger partial charge is 0.145 e. The summed E-state index contributed by atoms with van der Waals surface area (Å²) in [6.45, 7) is 15.7. The molecular weight excluding hydrogens is 719 g/mol. The molecule has 0 atom stereocenters. The summed E-state index contributed by atoms with van der Waals surface area (Å²) in [5, 5.41) is 12.7. The lowest BCUT2D eigenvalue weighted by Gasteiger charge is -2.23. The Morgan fingerprint density at radius 3 is 1.86 bits per heavy atom. The second-order valence-corrected chi connectivity index (χ2v) is 17.8. The van der Waals surface area contributed by atoms with Crippen LogP contribution in [0.3, 0.4) is 0 Å². The first-order valence-electron chi connectivity index (χ1n) is 20.5. The van der Waals surface area contributed by atoms with Gasteiger partial charge >= 0.3 is 0 Å². The van der Waals surface area contributed by atoms with Crippen LogP contribution in [0.25, 0.3) is 83.5 Å². The number of aryl methyl sites for hydroxylation is 1. The molecule has 2 heterocycles. The molecule has 59 heavy (non-hydrogen) atoms. The highest BCUT2D eigenvalue weighted by molar-refractivity contribution is 6.00. The average molecular weight is 768 g/mol. The molecule has 0 saturated heterocycles. The molecule has 0 bridgehead atoms. The quantitative estimate of drug-likeness (QED) is 0.183. The van der Waals surface area contributed by atoms with Crippen molar-refractivity contribution in [2.24, 2.45) is 0 Å². The van der Waals surface area contributed by atoms with Gasteiger partial charge in [0.1, 0.15) is 11.6 Å². The van der Waals surface area contributed by atoms with Crippen LogP contribution < -0.4 is 0 Å². The molecule has 0 aliphatic carbocycles. The van der Waals surface area contributed by atoms with E-state index in [2.05, 4.69) is 180 Å². The number of rotatable bonds is 6. The third-order valence-corrected chi connectivity index (χ3v) is 11.6. The van der Waals surface area contributed by atoms with E-state index in [9.17, 15) is 5.11 Å². The van der Waals surface area contributed by atoms with Crippen molar-refractivity contribution in [2.75, 3.05) is 0 Å². The summed E-state index contributed by atoms with van der Waals surface area (Å²) in [5.74, 6) is 1.03. The number of phenolic OH excluding ortho intramolecular Hbond substituents is 1. The number of para-hydroxylation sites is 1. The van der Waals surface area contributed by atoms with Crippen molar-refractivity contribution in [2.45, 2.75) is 59.3 Å². The fourth-order valence-corrected chi connectivity index (χ4v) is 8.23. The normalized spacial score (nSPS) is 12.1. The third kappa shape index (κ3) is 6.99. The average Bonchev–Trinajstić information content (AvgIpc) is 3.63. The maximum Gasteiger partial charge on any atom is 0.145 e. The van der Waals surface area contributed by atoms with Gasteiger partial charge in [0.15, 0.2) is 0 Å². The van der Waals surface area contributed by atoms with Gasteiger partial charge in [-0.25, -0.2) is 4.98 Å². The SMILES string of the molecule is Cc1ccnc2c(-c3cccc(-c4nc5c(-c6cc(-c7ccccc7)ccc6O)cccc5n4-c4ccc(C(C)(C)C)cc4-c4ccccc4)c3)cc(C(C)(C)C)cc12. The van der Waals surface area contributed by atoms with Gasteiger partial charge < -0.3 is 5.11 Å². The number of hydrogen-bond donors (Lipinski definition) is 1. The van der Waals surface area contributed by atoms with Crippen molar-refractivity contribution < 1.29 is 5.11 Å². The minimum Gasteiger partial charge on any atom is -0.507 e. The van der Waals surface area contributed by atoms with Gasteiger partial charge in [-0.05, 0) is 111 Å². The maximum absolute atomic E-state index is 11.5. The molecule has 1 N–H and O–H groups in total. The van der Waals surface area contributed by atoms with Crippen LogP contribution in [0, 0.1) is 6.92 Å². The predicted octanol–water partition coefficient (Wildman–Crippen LogP) is 14.5. The van der Waals surface area contributed by atoms with Crippen LogP contribution in [-0.4, -0.2) is 19.6 Å². The highest BCUT2D eigenvalue weighted by Crippen LogP contribution is 2.43. The Morgan fingerprint density at radius 2 is 1.14 bits per heavy atom. The fraction of sp³-hybridized carbons (Fsp3) is 0.164. The first-order valence-corrected chi connectivity index (χ1v) is 20.5. The summed E-state index contributed by atoms with van der Waals surface area (Å²) in [7, 11) is 0. The van der Waals surface area contributed by atoms with E-state index in [4.69, 9.17) is 9.97 Å². The molecule has 2 aromatic heterocycles. The van der Waals surface area contributed by atoms with E-state index in [-0.39, 0.29) is 16.6 Å². The minimum absolute atomic E-state index is 0.0519. The standard InChI is InChI=1S/C55H49N3O/c1-35-28-29-56-51-44(35)33-42(55(5,6)7)34-46(51)39-20-14-21-40(30-39)53-57-52-43(47-31-38(24-27-50(47)59)36-16-10-8-11-17-36)22-15-23-49(52)58(53)48-26-25-41(54(2,3)4)32-45(48)37-18-12-9-13-19-37/h8-34,59H,1-7H3. The molecule has 7 aromatic carbocycles. The van der Waals surface area contributed by atoms with E-state index in [0.29, 0.717) is 0 Å². The molecule has 0 aliphatic rings. The van der Waals surface area contributed by atoms with Crippen LogP contribution in [0.2, 0.25) is 0 Å². The highest BCUT2D eigenvalue weighted by atomic mass is 16.3. The van der Waals surface area contributed by atoms with Crippen molar-refractivity contribution >= 4 is 21.9 Å². The van der Waals surface area contributed by atoms with E-state index >= 15 is 0 Å². The Balaban J connectivity index is 1.34. The fourth-order valence-electron chi connectivity index (χ4n) is 8.23. The van der Waals surface area contributed by atoms with Crippen LogP contribution in [0.15, 0.2) is 164 Å². The zero-order valence-corrected chi connectivity index (χ0v) is 34.9. The van der Waals surface area contributed by atoms with E-state index < -0.39 is 0 Å². The van der Waals surface area contributed by atoms with E-state index in [1.54, 1.807) is 6.07 Å². The summed E-state index contributed by atoms with van der Waals surface area (Å²) in [6, 6.07) is 55.4. The molecule has 4 nitrogen and oxygen atoms in total. The van der Waals surface area contributed by atoms with Crippen LogP contribution >= 0.6 is 0 Å². The number of hydrogen-bond acceptors (Lipinski definition) is 3. The van der Waals surface area contributed by atoms with Crippen LogP contribution in [-0.2, 0) is 10.8 Å². The van der Waals surface area contributed by atoms with Gasteiger partial charge in [-0.3, -0.25) is 9.55 Å². The molecule has 0 radical (unpaired) electrons. The number of aromatic nitrogens is 3. The number of benzene rings is 7. The molecule has 0 amide bonds. The molecular formula is C55H49N3O. The summed E-state index contributed by atoms with van der Waals surface area (Å²) >= 11 is 0. The van der Waals surface area contributed by atoms with Gasteiger partial charge in [0.05, 0.1) is 22.2 Å². The zero-order valence-electron chi connectivity index (χ0n) is 34.9. The summed E-state index contributed by atoms with van der Waals surface area (Å²) < 4.78 is 2.32. The monoisotopic (exact) mass is 767 g/mol. The molecule has 0 unspecified atom stereocenters. The second-order valence-electron chi connectivity index (χ2n) is 17.8. The number of imidazole rings is 1. The Hall–Kier alpha value is -6.78. The molecule has 290 valence electrons. The lowest BCUT2D eigenvalue weighted by Crippen LogP contribution is -2.12. The number of nitrogens with zero attached hydrogens (tertiary/aromatic N) is 3. The number of fused-ring (bicyclic) bond motifs is 2. The van der Waals surface area contributed by atoms with Gasteiger partial charge in [-0.15, -0.1) is 0 Å². The van der Waals surface area contributed by atoms with E-state index in [1.807, 2.05) is 30.5 Å². The first kappa shape index (κ1) is 37.8. The first-order chi connectivity index (χ1) is 28.3. The third-order valence-electron chi connectivity index (χ3n) is 11.6. The summed E-state index contributed by atoms with van der Waals surface area (Å²) in [5.41, 5.74) is 16.5. The van der Waals surface area contributed by atoms with Crippen molar-refractivity contribution in [1.29, 1.82) is 0 Å². The molecule has 0 spiro atoms. The lowest BCUT2D eigenvalue weighted by molar-refractivity contribution is 0.477. The van der Waals surface area contributed by atoms with Gasteiger partial charge in [-0.1, -0.05) is 145 Å².